The zero-order valence-corrected chi connectivity index (χ0v) is 21.2. The van der Waals surface area contributed by atoms with Crippen molar-refractivity contribution in [3.05, 3.63) is 42.0 Å². The van der Waals surface area contributed by atoms with Gasteiger partial charge >= 0.3 is 5.97 Å². The van der Waals surface area contributed by atoms with Gasteiger partial charge in [-0.3, -0.25) is 9.69 Å². The fourth-order valence-electron chi connectivity index (χ4n) is 6.86. The van der Waals surface area contributed by atoms with Crippen molar-refractivity contribution >= 4 is 16.7 Å². The van der Waals surface area contributed by atoms with E-state index in [4.69, 9.17) is 9.47 Å². The highest BCUT2D eigenvalue weighted by atomic mass is 16.5. The standard InChI is InChI=1S/C30H41NO3/c1-20(2)22-11-13-27(14-12-22)34-29-9-4-6-23-16-21(10-15-28(23)29)19-31-25-7-5-8-26(31)18-24(17-25)30(32)33-3/h4,6,9-10,15-16,20,22,24-27H,5,7-8,11-14,17-19H2,1-3H3. The van der Waals surface area contributed by atoms with Crippen molar-refractivity contribution in [1.29, 1.82) is 0 Å². The number of rotatable bonds is 6. The van der Waals surface area contributed by atoms with Gasteiger partial charge in [0.05, 0.1) is 19.1 Å². The van der Waals surface area contributed by atoms with E-state index in [0.717, 1.165) is 37.0 Å². The predicted octanol–water partition coefficient (Wildman–Crippen LogP) is 6.74. The second-order valence-electron chi connectivity index (χ2n) is 11.3. The number of fused-ring (bicyclic) bond motifs is 3. The topological polar surface area (TPSA) is 38.8 Å². The first kappa shape index (κ1) is 23.7. The van der Waals surface area contributed by atoms with Gasteiger partial charge in [0.2, 0.25) is 0 Å². The highest BCUT2D eigenvalue weighted by Gasteiger charge is 2.41. The summed E-state index contributed by atoms with van der Waals surface area (Å²) in [6.45, 7) is 5.66. The molecule has 2 bridgehead atoms. The molecular weight excluding hydrogens is 422 g/mol. The normalized spacial score (nSPS) is 29.8. The van der Waals surface area contributed by atoms with Crippen molar-refractivity contribution in [3.63, 3.8) is 0 Å². The molecule has 1 aliphatic carbocycles. The fourth-order valence-corrected chi connectivity index (χ4v) is 6.86. The molecule has 0 amide bonds. The molecule has 2 atom stereocenters. The van der Waals surface area contributed by atoms with Crippen LogP contribution in [0, 0.1) is 17.8 Å². The highest BCUT2D eigenvalue weighted by Crippen LogP contribution is 2.39. The van der Waals surface area contributed by atoms with Crippen molar-refractivity contribution < 1.29 is 14.3 Å². The molecule has 3 aliphatic rings. The zero-order valence-electron chi connectivity index (χ0n) is 21.2. The summed E-state index contributed by atoms with van der Waals surface area (Å²) < 4.78 is 11.6. The van der Waals surface area contributed by atoms with E-state index >= 15 is 0 Å². The molecule has 0 N–H and O–H groups in total. The summed E-state index contributed by atoms with van der Waals surface area (Å²) in [7, 11) is 1.52. The molecule has 2 aromatic rings. The number of carbonyl (C=O) groups is 1. The van der Waals surface area contributed by atoms with Crippen LogP contribution in [0.4, 0.5) is 0 Å². The molecule has 5 rings (SSSR count). The van der Waals surface area contributed by atoms with Crippen molar-refractivity contribution in [1.82, 2.24) is 4.90 Å². The smallest absolute Gasteiger partial charge is 0.308 e. The molecule has 2 aliphatic heterocycles. The van der Waals surface area contributed by atoms with Crippen molar-refractivity contribution in [2.45, 2.75) is 96.4 Å². The van der Waals surface area contributed by atoms with Gasteiger partial charge in [0.15, 0.2) is 0 Å². The van der Waals surface area contributed by atoms with Crippen LogP contribution in [0.3, 0.4) is 0 Å². The molecule has 2 saturated heterocycles. The Bertz CT molecular complexity index is 980. The maximum absolute atomic E-state index is 12.2. The Morgan fingerprint density at radius 3 is 2.41 bits per heavy atom. The van der Waals surface area contributed by atoms with Crippen LogP contribution in [0.15, 0.2) is 36.4 Å². The lowest BCUT2D eigenvalue weighted by Crippen LogP contribution is -2.52. The van der Waals surface area contributed by atoms with Crippen LogP contribution in [-0.2, 0) is 16.1 Å². The quantitative estimate of drug-likeness (QED) is 0.445. The number of hydrogen-bond donors (Lipinski definition) is 0. The van der Waals surface area contributed by atoms with Crippen LogP contribution in [0.2, 0.25) is 0 Å². The number of carbonyl (C=O) groups excluding carboxylic acids is 1. The summed E-state index contributed by atoms with van der Waals surface area (Å²) in [5.41, 5.74) is 1.36. The third-order valence-corrected chi connectivity index (χ3v) is 8.89. The van der Waals surface area contributed by atoms with Crippen LogP contribution in [-0.4, -0.2) is 36.2 Å². The predicted molar refractivity (Wildman–Crippen MR) is 137 cm³/mol. The molecule has 0 radical (unpaired) electrons. The van der Waals surface area contributed by atoms with Crippen LogP contribution >= 0.6 is 0 Å². The molecule has 4 nitrogen and oxygen atoms in total. The molecule has 1 saturated carbocycles. The van der Waals surface area contributed by atoms with Gasteiger partial charge in [-0.25, -0.2) is 0 Å². The molecule has 0 spiro atoms. The number of benzene rings is 2. The lowest BCUT2D eigenvalue weighted by Gasteiger charge is -2.48. The molecule has 34 heavy (non-hydrogen) atoms. The van der Waals surface area contributed by atoms with E-state index in [2.05, 4.69) is 55.1 Å². The van der Waals surface area contributed by atoms with Crippen molar-refractivity contribution in [3.8, 4) is 5.75 Å². The Balaban J connectivity index is 1.27. The largest absolute Gasteiger partial charge is 0.490 e. The monoisotopic (exact) mass is 463 g/mol. The number of methoxy groups -OCH3 is 1. The molecule has 4 heteroatoms. The SMILES string of the molecule is COC(=O)C1CC2CCCC(C1)N2Cc1ccc2c(OC3CCC(C(C)C)CC3)cccc2c1. The van der Waals surface area contributed by atoms with E-state index in [0.29, 0.717) is 18.2 Å². The first-order valence-electron chi connectivity index (χ1n) is 13.5. The average molecular weight is 464 g/mol. The van der Waals surface area contributed by atoms with Gasteiger partial charge < -0.3 is 9.47 Å². The average Bonchev–Trinajstić information content (AvgIpc) is 2.83. The van der Waals surface area contributed by atoms with Gasteiger partial charge in [0.1, 0.15) is 5.75 Å². The van der Waals surface area contributed by atoms with Crippen LogP contribution in [0.1, 0.15) is 77.2 Å². The van der Waals surface area contributed by atoms with E-state index in [-0.39, 0.29) is 11.9 Å². The van der Waals surface area contributed by atoms with E-state index in [9.17, 15) is 4.79 Å². The van der Waals surface area contributed by atoms with Gasteiger partial charge in [0.25, 0.3) is 0 Å². The maximum atomic E-state index is 12.2. The molecule has 2 heterocycles. The Labute approximate surface area is 205 Å². The van der Waals surface area contributed by atoms with Gasteiger partial charge in [-0.05, 0) is 86.3 Å². The minimum absolute atomic E-state index is 0.0209. The third kappa shape index (κ3) is 4.98. The van der Waals surface area contributed by atoms with E-state index in [1.807, 2.05) is 0 Å². The Morgan fingerprint density at radius 1 is 1.00 bits per heavy atom. The lowest BCUT2D eigenvalue weighted by molar-refractivity contribution is -0.150. The number of nitrogens with zero attached hydrogens (tertiary/aromatic N) is 1. The Morgan fingerprint density at radius 2 is 1.74 bits per heavy atom. The summed E-state index contributed by atoms with van der Waals surface area (Å²) in [6, 6.07) is 14.4. The van der Waals surface area contributed by atoms with Gasteiger partial charge in [-0.15, -0.1) is 0 Å². The molecule has 184 valence electrons. The van der Waals surface area contributed by atoms with E-state index in [1.54, 1.807) is 0 Å². The summed E-state index contributed by atoms with van der Waals surface area (Å²) in [6.07, 6.45) is 10.8. The number of hydrogen-bond acceptors (Lipinski definition) is 4. The molecule has 3 fully saturated rings. The number of ether oxygens (including phenoxy) is 2. The van der Waals surface area contributed by atoms with E-state index < -0.39 is 0 Å². The second-order valence-corrected chi connectivity index (χ2v) is 11.3. The molecular formula is C30H41NO3. The maximum Gasteiger partial charge on any atom is 0.308 e. The second kappa shape index (κ2) is 10.3. The van der Waals surface area contributed by atoms with Crippen LogP contribution in [0.25, 0.3) is 10.8 Å². The summed E-state index contributed by atoms with van der Waals surface area (Å²) in [4.78, 5) is 14.8. The Hall–Kier alpha value is -2.07. The summed E-state index contributed by atoms with van der Waals surface area (Å²) in [5.74, 6) is 2.72. The minimum atomic E-state index is -0.0209. The van der Waals surface area contributed by atoms with Crippen molar-refractivity contribution in [2.24, 2.45) is 17.8 Å². The van der Waals surface area contributed by atoms with Gasteiger partial charge in [-0.1, -0.05) is 44.5 Å². The summed E-state index contributed by atoms with van der Waals surface area (Å²) >= 11 is 0. The molecule has 2 aromatic carbocycles. The zero-order chi connectivity index (χ0) is 23.7. The first-order valence-corrected chi connectivity index (χ1v) is 13.5. The lowest BCUT2D eigenvalue weighted by atomic mass is 9.78. The van der Waals surface area contributed by atoms with Gasteiger partial charge in [-0.2, -0.15) is 0 Å². The van der Waals surface area contributed by atoms with Gasteiger partial charge in [0, 0.05) is 24.0 Å². The third-order valence-electron chi connectivity index (χ3n) is 8.89. The minimum Gasteiger partial charge on any atom is -0.490 e. The van der Waals surface area contributed by atoms with Crippen LogP contribution in [0.5, 0.6) is 5.75 Å². The molecule has 0 aromatic heterocycles. The summed E-state index contributed by atoms with van der Waals surface area (Å²) in [5, 5.41) is 2.49. The van der Waals surface area contributed by atoms with Crippen LogP contribution < -0.4 is 4.74 Å². The van der Waals surface area contributed by atoms with E-state index in [1.165, 1.54) is 68.4 Å². The Kier molecular flexibility index (Phi) is 7.15. The molecule has 2 unspecified atom stereocenters. The fraction of sp³-hybridized carbons (Fsp3) is 0.633. The highest BCUT2D eigenvalue weighted by molar-refractivity contribution is 5.88. The number of piperidine rings is 2. The van der Waals surface area contributed by atoms with Crippen molar-refractivity contribution in [2.75, 3.05) is 7.11 Å². The first-order chi connectivity index (χ1) is 16.5. The number of esters is 1.